The number of benzene rings is 10. The van der Waals surface area contributed by atoms with E-state index in [0.29, 0.717) is 0 Å². The molecule has 0 spiro atoms. The number of hydrogen-bond acceptors (Lipinski definition) is 3. The number of aromatic nitrogens is 2. The maximum atomic E-state index is 6.87. The molecule has 324 valence electrons. The van der Waals surface area contributed by atoms with Gasteiger partial charge in [0.15, 0.2) is 0 Å². The third kappa shape index (κ3) is 5.68. The van der Waals surface area contributed by atoms with Gasteiger partial charge in [0.05, 0.1) is 39.2 Å². The van der Waals surface area contributed by atoms with Gasteiger partial charge in [-0.15, -0.1) is 0 Å². The van der Waals surface area contributed by atoms with Crippen LogP contribution in [-0.4, -0.2) is 14.8 Å². The minimum absolute atomic E-state index is 0.0155. The molecule has 1 unspecified atom stereocenters. The molecule has 0 fully saturated rings. The monoisotopic (exact) mass is 883 g/mol. The second-order valence-electron chi connectivity index (χ2n) is 18.7. The van der Waals surface area contributed by atoms with Crippen molar-refractivity contribution in [2.75, 3.05) is 0 Å². The van der Waals surface area contributed by atoms with E-state index >= 15 is 0 Å². The van der Waals surface area contributed by atoms with Crippen LogP contribution in [0.15, 0.2) is 232 Å². The largest absolute Gasteiger partial charge is 0.456 e. The first-order valence-corrected chi connectivity index (χ1v) is 23.8. The first-order valence-electron chi connectivity index (χ1n) is 23.8. The van der Waals surface area contributed by atoms with E-state index in [4.69, 9.17) is 13.8 Å². The lowest BCUT2D eigenvalue weighted by molar-refractivity contribution is 0.667. The summed E-state index contributed by atoms with van der Waals surface area (Å²) in [5, 5.41) is 11.6. The number of hydrogen-bond donors (Lipinski definition) is 0. The molecular weight excluding hydrogens is 843 g/mol. The quantitative estimate of drug-likeness (QED) is 0.173. The summed E-state index contributed by atoms with van der Waals surface area (Å²) in [5.74, 6) is -0.0193. The third-order valence-corrected chi connectivity index (χ3v) is 14.9. The highest BCUT2D eigenvalue weighted by atomic mass is 16.3. The van der Waals surface area contributed by atoms with Crippen LogP contribution in [0.1, 0.15) is 29.5 Å². The van der Waals surface area contributed by atoms with Crippen LogP contribution in [0.2, 0.25) is 0 Å². The molecule has 1 aliphatic rings. The van der Waals surface area contributed by atoms with Gasteiger partial charge in [0.1, 0.15) is 22.3 Å². The normalized spacial score (nSPS) is 15.5. The zero-order valence-corrected chi connectivity index (χ0v) is 37.6. The molecule has 15 rings (SSSR count). The van der Waals surface area contributed by atoms with E-state index in [1.807, 2.05) is 12.1 Å². The van der Waals surface area contributed by atoms with Crippen molar-refractivity contribution in [2.24, 2.45) is 10.9 Å². The van der Waals surface area contributed by atoms with Crippen molar-refractivity contribution in [1.82, 2.24) is 9.13 Å². The van der Waals surface area contributed by atoms with E-state index in [2.05, 4.69) is 222 Å². The van der Waals surface area contributed by atoms with E-state index < -0.39 is 0 Å². The summed E-state index contributed by atoms with van der Waals surface area (Å²) >= 11 is 0. The fraction of sp³-hybridized carbons (Fsp3) is 0.0469. The molecule has 14 aromatic rings. The minimum atomic E-state index is -0.0348. The molecule has 0 bridgehead atoms. The third-order valence-electron chi connectivity index (χ3n) is 14.9. The molecule has 0 amide bonds. The molecule has 2 atom stereocenters. The number of furan rings is 2. The highest BCUT2D eigenvalue weighted by Gasteiger charge is 2.31. The van der Waals surface area contributed by atoms with Crippen LogP contribution in [0.4, 0.5) is 0 Å². The second-order valence-corrected chi connectivity index (χ2v) is 18.7. The maximum Gasteiger partial charge on any atom is 0.138 e. The molecule has 0 saturated carbocycles. The number of nitrogens with zero attached hydrogens (tertiary/aromatic N) is 3. The molecule has 5 heteroatoms. The molecule has 10 aromatic carbocycles. The predicted molar refractivity (Wildman–Crippen MR) is 286 cm³/mol. The molecule has 69 heavy (non-hydrogen) atoms. The number of rotatable bonds is 5. The zero-order chi connectivity index (χ0) is 45.3. The Labute approximate surface area is 396 Å². The topological polar surface area (TPSA) is 48.5 Å². The molecule has 0 saturated heterocycles. The summed E-state index contributed by atoms with van der Waals surface area (Å²) in [4.78, 5) is 5.83. The van der Waals surface area contributed by atoms with Gasteiger partial charge in [-0.05, 0) is 107 Å². The van der Waals surface area contributed by atoms with Crippen LogP contribution in [0.3, 0.4) is 0 Å². The lowest BCUT2D eigenvalue weighted by Gasteiger charge is -2.29. The van der Waals surface area contributed by atoms with Gasteiger partial charge < -0.3 is 18.0 Å². The fourth-order valence-corrected chi connectivity index (χ4v) is 11.7. The Morgan fingerprint density at radius 3 is 1.80 bits per heavy atom. The highest BCUT2D eigenvalue weighted by Crippen LogP contribution is 2.46. The summed E-state index contributed by atoms with van der Waals surface area (Å²) in [6.07, 6.45) is 2.43. The summed E-state index contributed by atoms with van der Waals surface area (Å²) < 4.78 is 18.1. The summed E-state index contributed by atoms with van der Waals surface area (Å²) in [7, 11) is 0. The van der Waals surface area contributed by atoms with E-state index in [9.17, 15) is 0 Å². The number of allylic oxidation sites excluding steroid dienone is 1. The van der Waals surface area contributed by atoms with Crippen molar-refractivity contribution in [3.8, 4) is 11.4 Å². The van der Waals surface area contributed by atoms with Crippen molar-refractivity contribution >= 4 is 110 Å². The van der Waals surface area contributed by atoms with Crippen LogP contribution in [0.5, 0.6) is 0 Å². The van der Waals surface area contributed by atoms with Crippen LogP contribution < -0.4 is 0 Å². The molecule has 1 aliphatic heterocycles. The highest BCUT2D eigenvalue weighted by molar-refractivity contribution is 6.17. The molecular formula is C64H41N3O2. The Morgan fingerprint density at radius 2 is 1.00 bits per heavy atom. The summed E-state index contributed by atoms with van der Waals surface area (Å²) in [5.41, 5.74) is 15.5. The van der Waals surface area contributed by atoms with Crippen molar-refractivity contribution in [1.29, 1.82) is 0 Å². The first-order chi connectivity index (χ1) is 34.1. The average Bonchev–Trinajstić information content (AvgIpc) is 4.15. The summed E-state index contributed by atoms with van der Waals surface area (Å²) in [6, 6.07) is 76.5. The van der Waals surface area contributed by atoms with Gasteiger partial charge in [-0.1, -0.05) is 134 Å². The number of para-hydroxylation sites is 5. The van der Waals surface area contributed by atoms with Crippen LogP contribution >= 0.6 is 0 Å². The Kier molecular flexibility index (Phi) is 8.05. The van der Waals surface area contributed by atoms with Gasteiger partial charge in [0, 0.05) is 72.2 Å². The number of fused-ring (bicyclic) bond motifs is 13. The molecule has 5 heterocycles. The number of aliphatic imine (C=N–C) groups is 1. The Hall–Kier alpha value is -8.93. The standard InChI is InChI=1S/C64H41N3O2/c1-38-50(41-27-29-47-45-19-7-11-23-55(45)66(57(47)34-41)43-17-3-2-4-18-43)37-54(65-64(38)42-28-30-61-52(32-42)48-21-9-13-25-59(48)68-61)53-35-44(36-62-63(53)49-22-10-14-26-60(49)69-62)67-56-24-12-8-20-46(56)51-31-39-15-5-6-16-40(39)33-58(51)67/h2-38,50H,1H3/t38-,50?/m0/s1. The average molecular weight is 884 g/mol. The maximum absolute atomic E-state index is 6.87. The molecule has 0 aliphatic carbocycles. The van der Waals surface area contributed by atoms with Crippen molar-refractivity contribution in [3.63, 3.8) is 0 Å². The van der Waals surface area contributed by atoms with Gasteiger partial charge >= 0.3 is 0 Å². The molecule has 0 N–H and O–H groups in total. The lowest BCUT2D eigenvalue weighted by Crippen LogP contribution is -2.23. The van der Waals surface area contributed by atoms with Gasteiger partial charge in [-0.2, -0.15) is 0 Å². The van der Waals surface area contributed by atoms with E-state index in [1.54, 1.807) is 0 Å². The Balaban J connectivity index is 1.01. The zero-order valence-electron chi connectivity index (χ0n) is 37.6. The molecule has 5 nitrogen and oxygen atoms in total. The van der Waals surface area contributed by atoms with Crippen LogP contribution in [0, 0.1) is 5.92 Å². The van der Waals surface area contributed by atoms with Crippen LogP contribution in [0.25, 0.3) is 115 Å². The second kappa shape index (κ2) is 14.5. The summed E-state index contributed by atoms with van der Waals surface area (Å²) in [6.45, 7) is 2.34. The lowest BCUT2D eigenvalue weighted by atomic mass is 9.78. The van der Waals surface area contributed by atoms with Gasteiger partial charge in [0.25, 0.3) is 0 Å². The molecule has 0 radical (unpaired) electrons. The first kappa shape index (κ1) is 38.2. The fourth-order valence-electron chi connectivity index (χ4n) is 11.7. The van der Waals surface area contributed by atoms with Crippen molar-refractivity contribution < 1.29 is 8.83 Å². The van der Waals surface area contributed by atoms with Gasteiger partial charge in [-0.3, -0.25) is 4.99 Å². The predicted octanol–water partition coefficient (Wildman–Crippen LogP) is 17.1. The molecule has 4 aromatic heterocycles. The minimum Gasteiger partial charge on any atom is -0.456 e. The Morgan fingerprint density at radius 1 is 0.406 bits per heavy atom. The SMILES string of the molecule is C[C@@H]1C(c2ccc3oc4ccccc4c3c2)=NC(c2cc(-n3c4ccccc4c4cc5ccccc5cc43)cc3oc4ccccc4c23)=CC1c1ccc2c3ccccc3n(-c3ccccc3)c2c1. The Bertz CT molecular complexity index is 4520. The van der Waals surface area contributed by atoms with E-state index in [1.165, 1.54) is 48.9 Å². The van der Waals surface area contributed by atoms with Gasteiger partial charge in [-0.25, -0.2) is 0 Å². The smallest absolute Gasteiger partial charge is 0.138 e. The van der Waals surface area contributed by atoms with Crippen molar-refractivity contribution in [3.05, 3.63) is 235 Å². The van der Waals surface area contributed by atoms with E-state index in [0.717, 1.165) is 88.8 Å². The van der Waals surface area contributed by atoms with E-state index in [-0.39, 0.29) is 11.8 Å². The van der Waals surface area contributed by atoms with Gasteiger partial charge in [0.2, 0.25) is 0 Å². The van der Waals surface area contributed by atoms with Crippen LogP contribution in [-0.2, 0) is 0 Å². The van der Waals surface area contributed by atoms with Crippen molar-refractivity contribution in [2.45, 2.75) is 12.8 Å².